The molecule has 3 nitrogen and oxygen atoms in total. The number of rotatable bonds is 1. The van der Waals surface area contributed by atoms with Gasteiger partial charge >= 0.3 is 0 Å². The summed E-state index contributed by atoms with van der Waals surface area (Å²) in [5, 5.41) is 11.1. The molecule has 3 fully saturated rings. The molecule has 0 unspecified atom stereocenters. The number of allylic oxidation sites excluding steroid dienone is 2. The van der Waals surface area contributed by atoms with Crippen molar-refractivity contribution in [2.24, 2.45) is 35.0 Å². The summed E-state index contributed by atoms with van der Waals surface area (Å²) in [6.07, 6.45) is 9.79. The molecule has 1 spiro atoms. The van der Waals surface area contributed by atoms with Crippen molar-refractivity contribution < 1.29 is 14.6 Å². The highest BCUT2D eigenvalue weighted by Gasteiger charge is 2.62. The molecule has 1 saturated heterocycles. The highest BCUT2D eigenvalue weighted by atomic mass is 16.7. The van der Waals surface area contributed by atoms with E-state index in [9.17, 15) is 5.11 Å². The first-order valence-electron chi connectivity index (χ1n) is 9.60. The average molecular weight is 320 g/mol. The van der Waals surface area contributed by atoms with Crippen molar-refractivity contribution in [3.63, 3.8) is 0 Å². The second-order valence-corrected chi connectivity index (χ2v) is 8.89. The normalized spacial score (nSPS) is 48.5. The summed E-state index contributed by atoms with van der Waals surface area (Å²) in [4.78, 5) is 0. The molecule has 0 aromatic carbocycles. The highest BCUT2D eigenvalue weighted by Crippen LogP contribution is 2.63. The second-order valence-electron chi connectivity index (χ2n) is 8.89. The van der Waals surface area contributed by atoms with Crippen molar-refractivity contribution in [3.8, 4) is 0 Å². The zero-order chi connectivity index (χ0) is 16.2. The lowest BCUT2D eigenvalue weighted by Gasteiger charge is -2.53. The minimum Gasteiger partial charge on any atom is -0.393 e. The van der Waals surface area contributed by atoms with E-state index in [-0.39, 0.29) is 11.5 Å². The van der Waals surface area contributed by atoms with Crippen molar-refractivity contribution >= 4 is 0 Å². The van der Waals surface area contributed by atoms with E-state index in [1.54, 1.807) is 0 Å². The Kier molecular flexibility index (Phi) is 3.90. The molecule has 1 heterocycles. The Morgan fingerprint density at radius 2 is 1.91 bits per heavy atom. The third-order valence-electron chi connectivity index (χ3n) is 7.57. The Morgan fingerprint density at radius 1 is 1.17 bits per heavy atom. The number of hydrogen-bond donors (Lipinski definition) is 1. The van der Waals surface area contributed by atoms with Gasteiger partial charge in [0.1, 0.15) is 0 Å². The fourth-order valence-electron chi connectivity index (χ4n) is 6.37. The van der Waals surface area contributed by atoms with E-state index in [4.69, 9.17) is 9.47 Å². The smallest absolute Gasteiger partial charge is 0.172 e. The molecule has 1 N–H and O–H groups in total. The number of aliphatic hydroxyl groups is 1. The van der Waals surface area contributed by atoms with Gasteiger partial charge in [-0.25, -0.2) is 0 Å². The molecule has 4 rings (SSSR count). The van der Waals surface area contributed by atoms with Crippen LogP contribution in [0.2, 0.25) is 0 Å². The molecule has 0 aromatic rings. The van der Waals surface area contributed by atoms with E-state index in [0.29, 0.717) is 42.8 Å². The van der Waals surface area contributed by atoms with Gasteiger partial charge in [0, 0.05) is 12.3 Å². The largest absolute Gasteiger partial charge is 0.393 e. The molecule has 1 aliphatic heterocycles. The van der Waals surface area contributed by atoms with Crippen LogP contribution in [-0.2, 0) is 9.47 Å². The molecule has 130 valence electrons. The number of ether oxygens (including phenoxy) is 2. The van der Waals surface area contributed by atoms with Crippen LogP contribution in [0.25, 0.3) is 0 Å². The van der Waals surface area contributed by atoms with Gasteiger partial charge in [-0.1, -0.05) is 32.9 Å². The zero-order valence-corrected chi connectivity index (χ0v) is 14.8. The summed E-state index contributed by atoms with van der Waals surface area (Å²) in [6, 6.07) is 0. The van der Waals surface area contributed by atoms with Gasteiger partial charge in [0.05, 0.1) is 19.3 Å². The van der Waals surface area contributed by atoms with E-state index < -0.39 is 5.79 Å². The van der Waals surface area contributed by atoms with Crippen molar-refractivity contribution in [1.29, 1.82) is 0 Å². The van der Waals surface area contributed by atoms with Gasteiger partial charge in [0.2, 0.25) is 0 Å². The number of fused-ring (bicyclic) bond motifs is 4. The maximum atomic E-state index is 11.1. The van der Waals surface area contributed by atoms with Gasteiger partial charge in [-0.2, -0.15) is 0 Å². The monoisotopic (exact) mass is 320 g/mol. The summed E-state index contributed by atoms with van der Waals surface area (Å²) in [7, 11) is 0. The molecule has 0 aromatic heterocycles. The lowest BCUT2D eigenvalue weighted by atomic mass is 9.55. The lowest BCUT2D eigenvalue weighted by Crippen LogP contribution is -2.55. The van der Waals surface area contributed by atoms with Crippen molar-refractivity contribution in [3.05, 3.63) is 12.2 Å². The van der Waals surface area contributed by atoms with Crippen LogP contribution < -0.4 is 0 Å². The first-order valence-corrected chi connectivity index (χ1v) is 9.60. The first kappa shape index (κ1) is 16.1. The Morgan fingerprint density at radius 3 is 2.61 bits per heavy atom. The first-order chi connectivity index (χ1) is 11.0. The summed E-state index contributed by atoms with van der Waals surface area (Å²) in [5.41, 5.74) is 0.0601. The minimum atomic E-state index is -0.444. The van der Waals surface area contributed by atoms with E-state index >= 15 is 0 Å². The van der Waals surface area contributed by atoms with Crippen LogP contribution in [0.4, 0.5) is 0 Å². The molecule has 3 heteroatoms. The van der Waals surface area contributed by atoms with E-state index in [0.717, 1.165) is 25.7 Å². The molecule has 4 aliphatic rings. The van der Waals surface area contributed by atoms with Crippen molar-refractivity contribution in [2.75, 3.05) is 13.2 Å². The van der Waals surface area contributed by atoms with Gasteiger partial charge in [-0.05, 0) is 54.8 Å². The van der Waals surface area contributed by atoms with Crippen LogP contribution >= 0.6 is 0 Å². The fourth-order valence-corrected chi connectivity index (χ4v) is 6.37. The molecular formula is C20H32O3. The predicted molar refractivity (Wildman–Crippen MR) is 89.8 cm³/mol. The third-order valence-corrected chi connectivity index (χ3v) is 7.57. The topological polar surface area (TPSA) is 38.7 Å². The van der Waals surface area contributed by atoms with E-state index in [1.807, 2.05) is 0 Å². The number of aliphatic hydroxyl groups excluding tert-OH is 1. The van der Waals surface area contributed by atoms with Crippen LogP contribution in [0, 0.1) is 35.0 Å². The quantitative estimate of drug-likeness (QED) is 0.748. The average Bonchev–Trinajstić information content (AvgIpc) is 3.07. The van der Waals surface area contributed by atoms with Crippen LogP contribution in [0.5, 0.6) is 0 Å². The van der Waals surface area contributed by atoms with Gasteiger partial charge in [-0.3, -0.25) is 0 Å². The Balaban J connectivity index is 1.75. The minimum absolute atomic E-state index is 0.0601. The van der Waals surface area contributed by atoms with Gasteiger partial charge in [-0.15, -0.1) is 0 Å². The van der Waals surface area contributed by atoms with Gasteiger partial charge in [0.25, 0.3) is 0 Å². The molecular weight excluding hydrogens is 288 g/mol. The van der Waals surface area contributed by atoms with Crippen molar-refractivity contribution in [1.82, 2.24) is 0 Å². The second kappa shape index (κ2) is 5.57. The molecule has 0 bridgehead atoms. The molecule has 6 atom stereocenters. The predicted octanol–water partition coefficient (Wildman–Crippen LogP) is 3.77. The highest BCUT2D eigenvalue weighted by molar-refractivity contribution is 5.15. The van der Waals surface area contributed by atoms with Crippen molar-refractivity contribution in [2.45, 2.75) is 64.8 Å². The Labute approximate surface area is 140 Å². The van der Waals surface area contributed by atoms with Gasteiger partial charge < -0.3 is 14.6 Å². The van der Waals surface area contributed by atoms with Crippen LogP contribution in [0.15, 0.2) is 12.2 Å². The summed E-state index contributed by atoms with van der Waals surface area (Å²) in [5.74, 6) is 2.26. The lowest BCUT2D eigenvalue weighted by molar-refractivity contribution is -0.238. The van der Waals surface area contributed by atoms with Crippen LogP contribution in [-0.4, -0.2) is 30.2 Å². The number of hydrogen-bond acceptors (Lipinski definition) is 3. The van der Waals surface area contributed by atoms with Gasteiger partial charge in [0.15, 0.2) is 5.79 Å². The fraction of sp³-hybridized carbons (Fsp3) is 0.900. The Hall–Kier alpha value is -0.380. The van der Waals surface area contributed by atoms with E-state index in [2.05, 4.69) is 32.9 Å². The summed E-state index contributed by atoms with van der Waals surface area (Å²) in [6.45, 7) is 8.45. The Bertz CT molecular complexity index is 479. The molecule has 23 heavy (non-hydrogen) atoms. The molecule has 0 amide bonds. The van der Waals surface area contributed by atoms with E-state index in [1.165, 1.54) is 6.42 Å². The zero-order valence-electron chi connectivity index (χ0n) is 14.8. The summed E-state index contributed by atoms with van der Waals surface area (Å²) < 4.78 is 12.4. The molecule has 2 saturated carbocycles. The molecule has 3 aliphatic carbocycles. The third kappa shape index (κ3) is 2.26. The maximum absolute atomic E-state index is 11.1. The maximum Gasteiger partial charge on any atom is 0.172 e. The standard InChI is InChI=1S/C20H32O3/c1-13(2)14-7-9-19(3)17(21)12-16-15(18(14)19)6-4-5-8-20(16)22-10-11-23-20/h4,6,13-18,21H,5,7-12H2,1-3H3/t14-,15+,16+,17-,18+,19-/m1/s1. The van der Waals surface area contributed by atoms with Crippen LogP contribution in [0.1, 0.15) is 52.9 Å². The SMILES string of the molecule is CC(C)[C@H]1CC[C@@]2(C)[C@@H]1[C@H]1C=CCCC3(OCCO3)[C@H]1C[C@H]2O. The summed E-state index contributed by atoms with van der Waals surface area (Å²) >= 11 is 0. The van der Waals surface area contributed by atoms with Crippen LogP contribution in [0.3, 0.4) is 0 Å². The molecule has 0 radical (unpaired) electrons.